The van der Waals surface area contributed by atoms with E-state index in [0.717, 1.165) is 33.9 Å². The number of fused-ring (bicyclic) bond motifs is 5. The molecule has 1 saturated carbocycles. The molecule has 2 aliphatic rings. The quantitative estimate of drug-likeness (QED) is 0.189. The molecule has 0 bridgehead atoms. The van der Waals surface area contributed by atoms with E-state index in [2.05, 4.69) is 146 Å². The number of hydrogen-bond acceptors (Lipinski definition) is 2. The van der Waals surface area contributed by atoms with Gasteiger partial charge < -0.3 is 0 Å². The predicted molar refractivity (Wildman–Crippen MR) is 203 cm³/mol. The fourth-order valence-electron chi connectivity index (χ4n) is 8.42. The molecule has 49 heavy (non-hydrogen) atoms. The average molecular weight is 631 g/mol. The number of aryl methyl sites for hydroxylation is 1. The van der Waals surface area contributed by atoms with Gasteiger partial charge in [0, 0.05) is 22.1 Å². The zero-order chi connectivity index (χ0) is 32.8. The molecule has 6 aromatic carbocycles. The minimum absolute atomic E-state index is 0.194. The highest BCUT2D eigenvalue weighted by molar-refractivity contribution is 5.86. The summed E-state index contributed by atoms with van der Waals surface area (Å²) in [5, 5.41) is 0. The first-order chi connectivity index (χ1) is 24.2. The maximum Gasteiger partial charge on any atom is 0.160 e. The summed E-state index contributed by atoms with van der Waals surface area (Å²) in [7, 11) is 0. The van der Waals surface area contributed by atoms with E-state index in [-0.39, 0.29) is 5.41 Å². The molecule has 7 aromatic rings. The Kier molecular flexibility index (Phi) is 7.31. The molecule has 0 amide bonds. The summed E-state index contributed by atoms with van der Waals surface area (Å²) in [5.41, 5.74) is 17.3. The highest BCUT2D eigenvalue weighted by atomic mass is 14.9. The summed E-state index contributed by atoms with van der Waals surface area (Å²) in [5.74, 6) is 0.727. The molecule has 1 fully saturated rings. The second-order valence-corrected chi connectivity index (χ2v) is 13.8. The van der Waals surface area contributed by atoms with Crippen LogP contribution in [0.3, 0.4) is 0 Å². The van der Waals surface area contributed by atoms with E-state index >= 15 is 0 Å². The Morgan fingerprint density at radius 1 is 0.408 bits per heavy atom. The molecular formula is C47H38N2. The number of benzene rings is 6. The molecule has 2 aliphatic carbocycles. The van der Waals surface area contributed by atoms with Gasteiger partial charge in [-0.15, -0.1) is 0 Å². The van der Waals surface area contributed by atoms with Crippen molar-refractivity contribution in [1.82, 2.24) is 9.97 Å². The van der Waals surface area contributed by atoms with Crippen LogP contribution >= 0.6 is 0 Å². The van der Waals surface area contributed by atoms with Crippen LogP contribution in [0.15, 0.2) is 152 Å². The van der Waals surface area contributed by atoms with Crippen molar-refractivity contribution < 1.29 is 0 Å². The lowest BCUT2D eigenvalue weighted by Crippen LogP contribution is -2.27. The molecular weight excluding hydrogens is 593 g/mol. The van der Waals surface area contributed by atoms with Crippen molar-refractivity contribution in [2.75, 3.05) is 0 Å². The standard InChI is InChI=1S/C47H38N2/c1-32-28-35(36-23-25-43-41(30-36)40-20-9-10-21-42(40)47(43)26-11-4-12-27-47)22-24-39(32)37-18-13-19-38(29-37)46-48-44(33-14-5-2-6-15-33)31-45(49-46)34-16-7-3-8-17-34/h2-3,5-10,13-25,28-31H,4,11-12,26-27H2,1H3. The summed E-state index contributed by atoms with van der Waals surface area (Å²) >= 11 is 0. The molecule has 0 atom stereocenters. The lowest BCUT2D eigenvalue weighted by molar-refractivity contribution is 0.353. The fraction of sp³-hybridized carbons (Fsp3) is 0.149. The maximum atomic E-state index is 5.08. The normalized spacial score (nSPS) is 14.4. The van der Waals surface area contributed by atoms with Gasteiger partial charge in [0.05, 0.1) is 11.4 Å². The molecule has 2 nitrogen and oxygen atoms in total. The van der Waals surface area contributed by atoms with E-state index in [1.807, 2.05) is 12.1 Å². The summed E-state index contributed by atoms with van der Waals surface area (Å²) < 4.78 is 0. The lowest BCUT2D eigenvalue weighted by atomic mass is 9.68. The Morgan fingerprint density at radius 2 is 1.00 bits per heavy atom. The van der Waals surface area contributed by atoms with E-state index in [4.69, 9.17) is 9.97 Å². The third-order valence-corrected chi connectivity index (χ3v) is 10.8. The molecule has 0 aliphatic heterocycles. The number of hydrogen-bond donors (Lipinski definition) is 0. The predicted octanol–water partition coefficient (Wildman–Crippen LogP) is 12.4. The number of nitrogens with zero attached hydrogens (tertiary/aromatic N) is 2. The van der Waals surface area contributed by atoms with E-state index in [0.29, 0.717) is 0 Å². The molecule has 0 unspecified atom stereocenters. The molecule has 1 aromatic heterocycles. The van der Waals surface area contributed by atoms with Crippen LogP contribution in [0, 0.1) is 6.92 Å². The van der Waals surface area contributed by atoms with Crippen molar-refractivity contribution in [3.63, 3.8) is 0 Å². The van der Waals surface area contributed by atoms with Crippen LogP contribution in [0.2, 0.25) is 0 Å². The van der Waals surface area contributed by atoms with Gasteiger partial charge in [0.1, 0.15) is 0 Å². The highest BCUT2D eigenvalue weighted by Gasteiger charge is 2.43. The van der Waals surface area contributed by atoms with Gasteiger partial charge in [0.2, 0.25) is 0 Å². The van der Waals surface area contributed by atoms with Crippen molar-refractivity contribution in [2.24, 2.45) is 0 Å². The van der Waals surface area contributed by atoms with Crippen LogP contribution < -0.4 is 0 Å². The Labute approximate surface area is 289 Å². The summed E-state index contributed by atoms with van der Waals surface area (Å²) in [6.45, 7) is 2.23. The van der Waals surface area contributed by atoms with Crippen molar-refractivity contribution in [1.29, 1.82) is 0 Å². The van der Waals surface area contributed by atoms with Gasteiger partial charge in [0.25, 0.3) is 0 Å². The summed E-state index contributed by atoms with van der Waals surface area (Å²) in [6.07, 6.45) is 6.51. The second kappa shape index (κ2) is 12.1. The van der Waals surface area contributed by atoms with Crippen molar-refractivity contribution in [3.05, 3.63) is 168 Å². The molecule has 9 rings (SSSR count). The van der Waals surface area contributed by atoms with Crippen LogP contribution in [0.4, 0.5) is 0 Å². The Bertz CT molecular complexity index is 2260. The number of rotatable bonds is 5. The Balaban J connectivity index is 1.08. The van der Waals surface area contributed by atoms with Crippen molar-refractivity contribution >= 4 is 0 Å². The molecule has 1 spiro atoms. The van der Waals surface area contributed by atoms with Crippen LogP contribution in [0.1, 0.15) is 48.8 Å². The minimum atomic E-state index is 0.194. The van der Waals surface area contributed by atoms with Crippen molar-refractivity contribution in [2.45, 2.75) is 44.4 Å². The summed E-state index contributed by atoms with van der Waals surface area (Å²) in [6, 6.07) is 54.8. The van der Waals surface area contributed by atoms with E-state index in [9.17, 15) is 0 Å². The molecule has 0 N–H and O–H groups in total. The van der Waals surface area contributed by atoms with Gasteiger partial charge in [-0.2, -0.15) is 0 Å². The van der Waals surface area contributed by atoms with Gasteiger partial charge >= 0.3 is 0 Å². The van der Waals surface area contributed by atoms with E-state index < -0.39 is 0 Å². The van der Waals surface area contributed by atoms with E-state index in [1.165, 1.54) is 76.6 Å². The van der Waals surface area contributed by atoms with Crippen LogP contribution in [-0.2, 0) is 5.41 Å². The SMILES string of the molecule is Cc1cc(-c2ccc3c(c2)-c2ccccc2C32CCCCC2)ccc1-c1cccc(-c2nc(-c3ccccc3)cc(-c3ccccc3)n2)c1. The monoisotopic (exact) mass is 630 g/mol. The first kappa shape index (κ1) is 29.5. The highest BCUT2D eigenvalue weighted by Crippen LogP contribution is 2.56. The number of aromatic nitrogens is 2. The lowest BCUT2D eigenvalue weighted by Gasteiger charge is -2.36. The summed E-state index contributed by atoms with van der Waals surface area (Å²) in [4.78, 5) is 10.2. The van der Waals surface area contributed by atoms with Crippen LogP contribution in [-0.4, -0.2) is 9.97 Å². The zero-order valence-electron chi connectivity index (χ0n) is 27.9. The average Bonchev–Trinajstić information content (AvgIpc) is 3.43. The Hall–Kier alpha value is -5.60. The van der Waals surface area contributed by atoms with Gasteiger partial charge in [-0.25, -0.2) is 9.97 Å². The fourth-order valence-corrected chi connectivity index (χ4v) is 8.42. The third-order valence-electron chi connectivity index (χ3n) is 10.8. The van der Waals surface area contributed by atoms with E-state index in [1.54, 1.807) is 5.56 Å². The van der Waals surface area contributed by atoms with Gasteiger partial charge in [-0.1, -0.05) is 153 Å². The van der Waals surface area contributed by atoms with Crippen LogP contribution in [0.5, 0.6) is 0 Å². The second-order valence-electron chi connectivity index (χ2n) is 13.8. The largest absolute Gasteiger partial charge is 0.228 e. The smallest absolute Gasteiger partial charge is 0.160 e. The minimum Gasteiger partial charge on any atom is -0.228 e. The molecule has 236 valence electrons. The Morgan fingerprint density at radius 3 is 1.71 bits per heavy atom. The van der Waals surface area contributed by atoms with Crippen molar-refractivity contribution in [3.8, 4) is 67.3 Å². The van der Waals surface area contributed by atoms with Gasteiger partial charge in [-0.05, 0) is 88.0 Å². The molecule has 2 heteroatoms. The first-order valence-corrected chi connectivity index (χ1v) is 17.6. The van der Waals surface area contributed by atoms with Gasteiger partial charge in [0.15, 0.2) is 5.82 Å². The topological polar surface area (TPSA) is 25.8 Å². The van der Waals surface area contributed by atoms with Crippen LogP contribution in [0.25, 0.3) is 67.3 Å². The third kappa shape index (κ3) is 5.20. The van der Waals surface area contributed by atoms with Gasteiger partial charge in [-0.3, -0.25) is 0 Å². The first-order valence-electron chi connectivity index (χ1n) is 17.6. The zero-order valence-corrected chi connectivity index (χ0v) is 27.9. The maximum absolute atomic E-state index is 5.08. The molecule has 0 saturated heterocycles. The molecule has 1 heterocycles. The molecule has 0 radical (unpaired) electrons.